The first kappa shape index (κ1) is 25.0. The predicted octanol–water partition coefficient (Wildman–Crippen LogP) is 6.49. The van der Waals surface area contributed by atoms with E-state index in [2.05, 4.69) is 4.98 Å². The van der Waals surface area contributed by atoms with Gasteiger partial charge < -0.3 is 14.6 Å². The number of aromatic nitrogens is 1. The zero-order valence-corrected chi connectivity index (χ0v) is 20.9. The lowest BCUT2D eigenvalue weighted by Gasteiger charge is -2.23. The molecule has 2 aromatic carbocycles. The third-order valence-corrected chi connectivity index (χ3v) is 7.17. The number of halogens is 2. The third-order valence-electron chi connectivity index (χ3n) is 5.02. The number of ketones is 1. The van der Waals surface area contributed by atoms with E-state index in [1.807, 2.05) is 31.2 Å². The number of hydrogen-bond acceptors (Lipinski definition) is 6. The smallest absolute Gasteiger partial charge is 0.347 e. The molecule has 6 nitrogen and oxygen atoms in total. The summed E-state index contributed by atoms with van der Waals surface area (Å²) in [7, 11) is 1.61. The lowest BCUT2D eigenvalue weighted by atomic mass is 10.1. The number of benzene rings is 2. The van der Waals surface area contributed by atoms with Crippen LogP contribution in [0.15, 0.2) is 36.4 Å². The molecule has 0 bridgehead atoms. The van der Waals surface area contributed by atoms with Crippen LogP contribution in [0.2, 0.25) is 10.0 Å². The van der Waals surface area contributed by atoms with Crippen LogP contribution in [-0.2, 0) is 11.2 Å². The normalized spacial score (nSPS) is 11.3. The molecule has 0 unspecified atom stereocenters. The van der Waals surface area contributed by atoms with Crippen LogP contribution in [0.4, 0.5) is 0 Å². The summed E-state index contributed by atoms with van der Waals surface area (Å²) in [5.41, 5.74) is 0.806. The van der Waals surface area contributed by atoms with E-state index >= 15 is 0 Å². The highest BCUT2D eigenvalue weighted by Gasteiger charge is 2.30. The molecule has 0 amide bonds. The highest BCUT2D eigenvalue weighted by Crippen LogP contribution is 2.37. The van der Waals surface area contributed by atoms with Gasteiger partial charge in [-0.2, -0.15) is 0 Å². The molecule has 1 heterocycles. The van der Waals surface area contributed by atoms with E-state index < -0.39 is 11.6 Å². The van der Waals surface area contributed by atoms with Crippen molar-refractivity contribution in [3.05, 3.63) is 62.6 Å². The van der Waals surface area contributed by atoms with Gasteiger partial charge in [0.05, 0.1) is 22.7 Å². The van der Waals surface area contributed by atoms with E-state index in [9.17, 15) is 14.7 Å². The minimum Gasteiger partial charge on any atom is -0.497 e. The van der Waals surface area contributed by atoms with Crippen LogP contribution in [0.1, 0.15) is 41.2 Å². The van der Waals surface area contributed by atoms with E-state index in [0.29, 0.717) is 22.6 Å². The van der Waals surface area contributed by atoms with Crippen molar-refractivity contribution in [3.8, 4) is 22.1 Å². The molecule has 1 aromatic heterocycles. The number of carboxylic acid groups (broad SMARTS) is 1. The predicted molar refractivity (Wildman–Crippen MR) is 130 cm³/mol. The minimum atomic E-state index is -1.46. The zero-order valence-electron chi connectivity index (χ0n) is 18.6. The molecule has 0 radical (unpaired) electrons. The topological polar surface area (TPSA) is 85.7 Å². The van der Waals surface area contributed by atoms with E-state index in [1.165, 1.54) is 25.2 Å². The van der Waals surface area contributed by atoms with Crippen molar-refractivity contribution >= 4 is 46.3 Å². The van der Waals surface area contributed by atoms with Gasteiger partial charge in [0, 0.05) is 12.0 Å². The van der Waals surface area contributed by atoms with Crippen molar-refractivity contribution in [3.63, 3.8) is 0 Å². The van der Waals surface area contributed by atoms with Crippen molar-refractivity contribution in [1.29, 1.82) is 0 Å². The Morgan fingerprint density at radius 2 is 1.76 bits per heavy atom. The summed E-state index contributed by atoms with van der Waals surface area (Å²) in [6, 6.07) is 10.8. The number of thiazole rings is 1. The number of rotatable bonds is 9. The molecule has 0 aliphatic rings. The van der Waals surface area contributed by atoms with Crippen LogP contribution in [-0.4, -0.2) is 34.6 Å². The number of carbonyl (C=O) groups excluding carboxylic acids is 1. The average Bonchev–Trinajstić information content (AvgIpc) is 3.17. The van der Waals surface area contributed by atoms with E-state index in [0.717, 1.165) is 16.3 Å². The summed E-state index contributed by atoms with van der Waals surface area (Å²) >= 11 is 14.0. The van der Waals surface area contributed by atoms with Crippen LogP contribution >= 0.6 is 34.5 Å². The summed E-state index contributed by atoms with van der Waals surface area (Å²) in [5, 5.41) is 10.4. The molecular formula is C24H23Cl2NO5S. The summed E-state index contributed by atoms with van der Waals surface area (Å²) < 4.78 is 10.7. The molecule has 0 aliphatic carbocycles. The fourth-order valence-electron chi connectivity index (χ4n) is 3.04. The molecule has 174 valence electrons. The Balaban J connectivity index is 1.72. The van der Waals surface area contributed by atoms with E-state index in [-0.39, 0.29) is 28.0 Å². The molecule has 0 saturated heterocycles. The highest BCUT2D eigenvalue weighted by molar-refractivity contribution is 7.17. The average molecular weight is 508 g/mol. The molecule has 0 saturated carbocycles. The standard InChI is InChI=1S/C24H23Cl2NO5S/c1-13-21(33-22(27-13)15-5-9-16(31-4)10-6-15)17(28)11-7-14-8-12-18(20(26)19(14)25)32-24(2,3)23(29)30/h5-6,8-10,12H,7,11H2,1-4H3,(H,29,30). The Bertz CT molecular complexity index is 1190. The first-order valence-corrected chi connectivity index (χ1v) is 11.6. The molecule has 0 spiro atoms. The van der Waals surface area contributed by atoms with Gasteiger partial charge in [-0.15, -0.1) is 11.3 Å². The van der Waals surface area contributed by atoms with Crippen molar-refractivity contribution in [1.82, 2.24) is 4.98 Å². The second-order valence-corrected chi connectivity index (χ2v) is 9.61. The zero-order chi connectivity index (χ0) is 24.3. The van der Waals surface area contributed by atoms with Crippen LogP contribution < -0.4 is 9.47 Å². The summed E-state index contributed by atoms with van der Waals surface area (Å²) in [4.78, 5) is 29.3. The lowest BCUT2D eigenvalue weighted by molar-refractivity contribution is -0.152. The Hall–Kier alpha value is -2.61. The molecule has 0 fully saturated rings. The van der Waals surface area contributed by atoms with Crippen molar-refractivity contribution in [2.75, 3.05) is 7.11 Å². The second-order valence-electron chi connectivity index (χ2n) is 7.85. The molecular weight excluding hydrogens is 485 g/mol. The van der Waals surface area contributed by atoms with Gasteiger partial charge in [0.15, 0.2) is 11.4 Å². The summed E-state index contributed by atoms with van der Waals surface area (Å²) in [6.07, 6.45) is 0.594. The van der Waals surface area contributed by atoms with Crippen LogP contribution in [0.5, 0.6) is 11.5 Å². The number of aliphatic carboxylic acids is 1. The quantitative estimate of drug-likeness (QED) is 0.333. The molecule has 3 rings (SSSR count). The fraction of sp³-hybridized carbons (Fsp3) is 0.292. The fourth-order valence-corrected chi connectivity index (χ4v) is 4.55. The number of nitrogens with zero attached hydrogens (tertiary/aromatic N) is 1. The Morgan fingerprint density at radius 3 is 2.36 bits per heavy atom. The first-order valence-electron chi connectivity index (χ1n) is 10.1. The molecule has 33 heavy (non-hydrogen) atoms. The Morgan fingerprint density at radius 1 is 1.09 bits per heavy atom. The van der Waals surface area contributed by atoms with Gasteiger partial charge in [0.2, 0.25) is 0 Å². The summed E-state index contributed by atoms with van der Waals surface area (Å²) in [6.45, 7) is 4.66. The third kappa shape index (κ3) is 5.66. The van der Waals surface area contributed by atoms with Gasteiger partial charge in [-0.05, 0) is 63.1 Å². The molecule has 9 heteroatoms. The number of carbonyl (C=O) groups is 2. The SMILES string of the molecule is COc1ccc(-c2nc(C)c(C(=O)CCc3ccc(OC(C)(C)C(=O)O)c(Cl)c3Cl)s2)cc1. The lowest BCUT2D eigenvalue weighted by Crippen LogP contribution is -2.38. The Kier molecular flexibility index (Phi) is 7.67. The van der Waals surface area contributed by atoms with E-state index in [1.54, 1.807) is 19.2 Å². The molecule has 3 aromatic rings. The maximum atomic E-state index is 12.9. The molecule has 0 aliphatic heterocycles. The van der Waals surface area contributed by atoms with Gasteiger partial charge in [-0.1, -0.05) is 29.3 Å². The van der Waals surface area contributed by atoms with Crippen molar-refractivity contribution in [2.45, 2.75) is 39.2 Å². The molecule has 1 N–H and O–H groups in total. The van der Waals surface area contributed by atoms with Crippen LogP contribution in [0.25, 0.3) is 10.6 Å². The van der Waals surface area contributed by atoms with Gasteiger partial charge in [0.1, 0.15) is 21.5 Å². The number of methoxy groups -OCH3 is 1. The van der Waals surface area contributed by atoms with Crippen LogP contribution in [0, 0.1) is 6.92 Å². The number of Topliss-reactive ketones (excluding diaryl/α,β-unsaturated/α-hetero) is 1. The van der Waals surface area contributed by atoms with Gasteiger partial charge in [-0.3, -0.25) is 4.79 Å². The monoisotopic (exact) mass is 507 g/mol. The largest absolute Gasteiger partial charge is 0.497 e. The highest BCUT2D eigenvalue weighted by atomic mass is 35.5. The maximum Gasteiger partial charge on any atom is 0.347 e. The second kappa shape index (κ2) is 10.1. The van der Waals surface area contributed by atoms with Gasteiger partial charge in [-0.25, -0.2) is 9.78 Å². The Labute approximate surface area is 206 Å². The number of ether oxygens (including phenoxy) is 2. The number of hydrogen-bond donors (Lipinski definition) is 1. The van der Waals surface area contributed by atoms with Gasteiger partial charge in [0.25, 0.3) is 0 Å². The number of carboxylic acids is 1. The summed E-state index contributed by atoms with van der Waals surface area (Å²) in [5.74, 6) is -0.240. The van der Waals surface area contributed by atoms with Crippen molar-refractivity contribution < 1.29 is 24.2 Å². The first-order chi connectivity index (χ1) is 15.5. The van der Waals surface area contributed by atoms with Crippen molar-refractivity contribution in [2.24, 2.45) is 0 Å². The maximum absolute atomic E-state index is 12.9. The minimum absolute atomic E-state index is 0.0377. The molecule has 0 atom stereocenters. The van der Waals surface area contributed by atoms with E-state index in [4.69, 9.17) is 32.7 Å². The number of aryl methyl sites for hydroxylation is 2. The van der Waals surface area contributed by atoms with Crippen LogP contribution in [0.3, 0.4) is 0 Å². The van der Waals surface area contributed by atoms with Gasteiger partial charge >= 0.3 is 5.97 Å².